The highest BCUT2D eigenvalue weighted by Crippen LogP contribution is 2.18. The highest BCUT2D eigenvalue weighted by molar-refractivity contribution is 5.76. The number of hydrogen-bond donors (Lipinski definition) is 2. The van der Waals surface area contributed by atoms with Gasteiger partial charge in [0.15, 0.2) is 0 Å². The van der Waals surface area contributed by atoms with Crippen LogP contribution in [-0.4, -0.2) is 24.5 Å². The lowest BCUT2D eigenvalue weighted by Crippen LogP contribution is -2.24. The molecule has 0 aromatic carbocycles. The van der Waals surface area contributed by atoms with E-state index in [1.54, 1.807) is 0 Å². The summed E-state index contributed by atoms with van der Waals surface area (Å²) in [7, 11) is 0. The van der Waals surface area contributed by atoms with Gasteiger partial charge in [-0.05, 0) is 57.9 Å². The van der Waals surface area contributed by atoms with Gasteiger partial charge in [0, 0.05) is 18.5 Å². The largest absolute Gasteiger partial charge is 0.353 e. The van der Waals surface area contributed by atoms with Crippen LogP contribution in [0.4, 0.5) is 0 Å². The molecule has 2 N–H and O–H groups in total. The molecule has 3 nitrogen and oxygen atoms in total. The smallest absolute Gasteiger partial charge is 0.220 e. The molecule has 1 aliphatic carbocycles. The topological polar surface area (TPSA) is 41.1 Å². The third-order valence-electron chi connectivity index (χ3n) is 3.86. The monoisotopic (exact) mass is 332 g/mol. The Balaban J connectivity index is 1.85. The van der Waals surface area contributed by atoms with E-state index in [1.165, 1.54) is 19.3 Å². The zero-order valence-electron chi connectivity index (χ0n) is 15.6. The van der Waals surface area contributed by atoms with Crippen molar-refractivity contribution in [2.75, 3.05) is 6.54 Å². The lowest BCUT2D eigenvalue weighted by atomic mass is 10.2. The molecule has 136 valence electrons. The number of hydrogen-bond acceptors (Lipinski definition) is 2. The fourth-order valence-corrected chi connectivity index (χ4v) is 2.30. The molecule has 3 heteroatoms. The fourth-order valence-electron chi connectivity index (χ4n) is 2.30. The Labute approximate surface area is 148 Å². The highest BCUT2D eigenvalue weighted by Gasteiger charge is 2.22. The summed E-state index contributed by atoms with van der Waals surface area (Å²) in [4.78, 5) is 11.5. The summed E-state index contributed by atoms with van der Waals surface area (Å²) in [5.41, 5.74) is 0. The maximum Gasteiger partial charge on any atom is 0.220 e. The van der Waals surface area contributed by atoms with E-state index in [-0.39, 0.29) is 5.91 Å². The minimum Gasteiger partial charge on any atom is -0.353 e. The Bertz CT molecular complexity index is 406. The van der Waals surface area contributed by atoms with Gasteiger partial charge in [0.2, 0.25) is 5.91 Å². The average molecular weight is 333 g/mol. The molecule has 24 heavy (non-hydrogen) atoms. The minimum absolute atomic E-state index is 0.220. The van der Waals surface area contributed by atoms with Gasteiger partial charge in [0.1, 0.15) is 0 Å². The van der Waals surface area contributed by atoms with Gasteiger partial charge >= 0.3 is 0 Å². The van der Waals surface area contributed by atoms with Crippen LogP contribution in [0.5, 0.6) is 0 Å². The molecular weight excluding hydrogens is 296 g/mol. The molecule has 1 saturated carbocycles. The minimum atomic E-state index is 0.220. The van der Waals surface area contributed by atoms with Crippen LogP contribution in [0.15, 0.2) is 36.5 Å². The SMILES string of the molecule is CC(C)NCCC/C=C\C/C=C\C/C=C\CCCC(=O)NC1CC1. The molecule has 0 aromatic heterocycles. The number of nitrogens with one attached hydrogen (secondary N) is 2. The van der Waals surface area contributed by atoms with Crippen molar-refractivity contribution in [2.24, 2.45) is 0 Å². The second kappa shape index (κ2) is 14.0. The molecule has 0 aliphatic heterocycles. The predicted octanol–water partition coefficient (Wildman–Crippen LogP) is 4.66. The van der Waals surface area contributed by atoms with Crippen LogP contribution in [0.1, 0.15) is 71.6 Å². The van der Waals surface area contributed by atoms with E-state index in [0.717, 1.165) is 38.6 Å². The molecule has 0 radical (unpaired) electrons. The highest BCUT2D eigenvalue weighted by atomic mass is 16.1. The predicted molar refractivity (Wildman–Crippen MR) is 104 cm³/mol. The van der Waals surface area contributed by atoms with E-state index >= 15 is 0 Å². The Morgan fingerprint density at radius 3 is 2.12 bits per heavy atom. The summed E-state index contributed by atoms with van der Waals surface area (Å²) < 4.78 is 0. The van der Waals surface area contributed by atoms with Crippen molar-refractivity contribution in [3.8, 4) is 0 Å². The maximum absolute atomic E-state index is 11.5. The van der Waals surface area contributed by atoms with Crippen molar-refractivity contribution < 1.29 is 4.79 Å². The first-order valence-electron chi connectivity index (χ1n) is 9.66. The van der Waals surface area contributed by atoms with Crippen LogP contribution in [0.3, 0.4) is 0 Å². The average Bonchev–Trinajstić information content (AvgIpc) is 3.34. The summed E-state index contributed by atoms with van der Waals surface area (Å²) in [6.07, 6.45) is 22.6. The third-order valence-corrected chi connectivity index (χ3v) is 3.86. The summed E-state index contributed by atoms with van der Waals surface area (Å²) in [6.45, 7) is 5.47. The van der Waals surface area contributed by atoms with Crippen LogP contribution in [0, 0.1) is 0 Å². The Morgan fingerprint density at radius 2 is 1.54 bits per heavy atom. The van der Waals surface area contributed by atoms with Crippen molar-refractivity contribution in [3.05, 3.63) is 36.5 Å². The molecule has 0 aromatic rings. The molecule has 1 fully saturated rings. The summed E-state index contributed by atoms with van der Waals surface area (Å²) >= 11 is 0. The molecule has 1 rings (SSSR count). The fraction of sp³-hybridized carbons (Fsp3) is 0.667. The van der Waals surface area contributed by atoms with Crippen LogP contribution in [-0.2, 0) is 4.79 Å². The Morgan fingerprint density at radius 1 is 0.958 bits per heavy atom. The Hall–Kier alpha value is -1.35. The Kier molecular flexibility index (Phi) is 12.1. The van der Waals surface area contributed by atoms with Gasteiger partial charge < -0.3 is 10.6 Å². The standard InChI is InChI=1S/C21H36N2O/c1-19(2)22-18-14-12-10-8-6-4-3-5-7-9-11-13-15-21(24)23-20-16-17-20/h3-4,7-10,19-20,22H,5-6,11-18H2,1-2H3,(H,23,24)/b4-3-,9-7-,10-8-. The number of carbonyl (C=O) groups excluding carboxylic acids is 1. The van der Waals surface area contributed by atoms with E-state index in [1.807, 2.05) is 0 Å². The van der Waals surface area contributed by atoms with Crippen molar-refractivity contribution in [2.45, 2.75) is 83.7 Å². The third kappa shape index (κ3) is 14.3. The van der Waals surface area contributed by atoms with Gasteiger partial charge in [-0.1, -0.05) is 50.3 Å². The van der Waals surface area contributed by atoms with Gasteiger partial charge in [0.05, 0.1) is 0 Å². The lowest BCUT2D eigenvalue weighted by molar-refractivity contribution is -0.121. The van der Waals surface area contributed by atoms with E-state index in [2.05, 4.69) is 60.9 Å². The first-order valence-corrected chi connectivity index (χ1v) is 9.66. The quantitative estimate of drug-likeness (QED) is 0.359. The number of rotatable bonds is 14. The molecule has 0 unspecified atom stereocenters. The van der Waals surface area contributed by atoms with Gasteiger partial charge in [0.25, 0.3) is 0 Å². The van der Waals surface area contributed by atoms with Crippen LogP contribution >= 0.6 is 0 Å². The zero-order valence-corrected chi connectivity index (χ0v) is 15.6. The van der Waals surface area contributed by atoms with Gasteiger partial charge in [-0.3, -0.25) is 4.79 Å². The summed E-state index contributed by atoms with van der Waals surface area (Å²) in [5.74, 6) is 0.220. The van der Waals surface area contributed by atoms with Crippen molar-refractivity contribution in [3.63, 3.8) is 0 Å². The van der Waals surface area contributed by atoms with Crippen LogP contribution in [0.25, 0.3) is 0 Å². The summed E-state index contributed by atoms with van der Waals surface area (Å²) in [5, 5.41) is 6.45. The van der Waals surface area contributed by atoms with Crippen LogP contribution < -0.4 is 10.6 Å². The van der Waals surface area contributed by atoms with Crippen molar-refractivity contribution >= 4 is 5.91 Å². The zero-order chi connectivity index (χ0) is 17.5. The van der Waals surface area contributed by atoms with Gasteiger partial charge in [-0.15, -0.1) is 0 Å². The second-order valence-electron chi connectivity index (χ2n) is 6.87. The first kappa shape index (κ1) is 20.7. The van der Waals surface area contributed by atoms with Gasteiger partial charge in [-0.25, -0.2) is 0 Å². The molecule has 1 amide bonds. The normalized spacial score (nSPS) is 15.3. The van der Waals surface area contributed by atoms with Crippen molar-refractivity contribution in [1.82, 2.24) is 10.6 Å². The van der Waals surface area contributed by atoms with E-state index in [4.69, 9.17) is 0 Å². The van der Waals surface area contributed by atoms with E-state index in [0.29, 0.717) is 18.5 Å². The molecule has 1 aliphatic rings. The summed E-state index contributed by atoms with van der Waals surface area (Å²) in [6, 6.07) is 1.08. The molecule has 0 spiro atoms. The molecule has 0 heterocycles. The molecule has 0 bridgehead atoms. The maximum atomic E-state index is 11.5. The number of amides is 1. The molecule has 0 atom stereocenters. The molecule has 0 saturated heterocycles. The first-order chi connectivity index (χ1) is 11.7. The van der Waals surface area contributed by atoms with Crippen LogP contribution in [0.2, 0.25) is 0 Å². The lowest BCUT2D eigenvalue weighted by Gasteiger charge is -2.05. The van der Waals surface area contributed by atoms with Gasteiger partial charge in [-0.2, -0.15) is 0 Å². The van der Waals surface area contributed by atoms with E-state index in [9.17, 15) is 4.79 Å². The second-order valence-corrected chi connectivity index (χ2v) is 6.87. The number of allylic oxidation sites excluding steroid dienone is 6. The van der Waals surface area contributed by atoms with E-state index < -0.39 is 0 Å². The number of unbranched alkanes of at least 4 members (excludes halogenated alkanes) is 2. The van der Waals surface area contributed by atoms with Crippen molar-refractivity contribution in [1.29, 1.82) is 0 Å². The number of carbonyl (C=O) groups is 1. The molecular formula is C21H36N2O.